The molecule has 1 aliphatic heterocycles. The van der Waals surface area contributed by atoms with E-state index in [4.69, 9.17) is 5.26 Å². The van der Waals surface area contributed by atoms with Crippen LogP contribution in [0.3, 0.4) is 0 Å². The number of rotatable bonds is 1. The largest absolute Gasteiger partial charge is 0.323 e. The second-order valence-corrected chi connectivity index (χ2v) is 4.76. The molecule has 0 bridgehead atoms. The highest BCUT2D eigenvalue weighted by atomic mass is 32.2. The fraction of sp³-hybridized carbons (Fsp3) is 0.273. The zero-order chi connectivity index (χ0) is 11.1. The number of fused-ring (bicyclic) bond motifs is 1. The van der Waals surface area contributed by atoms with E-state index in [9.17, 15) is 4.79 Å². The number of nitrogens with zero attached hydrogens (tertiary/aromatic N) is 1. The first-order valence-corrected chi connectivity index (χ1v) is 5.76. The Balaban J connectivity index is 2.68. The van der Waals surface area contributed by atoms with Gasteiger partial charge < -0.3 is 5.32 Å². The Morgan fingerprint density at radius 2 is 2.27 bits per heavy atom. The Morgan fingerprint density at radius 1 is 1.53 bits per heavy atom. The molecule has 2 rings (SSSR count). The number of nitrogens with one attached hydrogen (secondary N) is 1. The van der Waals surface area contributed by atoms with Gasteiger partial charge >= 0.3 is 0 Å². The van der Waals surface area contributed by atoms with E-state index in [1.807, 2.05) is 25.3 Å². The summed E-state index contributed by atoms with van der Waals surface area (Å²) in [6.45, 7) is 1.87. The monoisotopic (exact) mass is 218 g/mol. The van der Waals surface area contributed by atoms with Crippen molar-refractivity contribution >= 4 is 23.4 Å². The molecule has 1 unspecified atom stereocenters. The van der Waals surface area contributed by atoms with Gasteiger partial charge in [0.2, 0.25) is 5.91 Å². The molecule has 1 aromatic carbocycles. The first kappa shape index (κ1) is 10.1. The number of benzene rings is 1. The number of hydrogen-bond donors (Lipinski definition) is 1. The smallest absolute Gasteiger partial charge is 0.244 e. The van der Waals surface area contributed by atoms with Gasteiger partial charge in [0.1, 0.15) is 10.8 Å². The second kappa shape index (κ2) is 3.28. The van der Waals surface area contributed by atoms with Crippen molar-refractivity contribution in [3.8, 4) is 6.07 Å². The standard InChI is InChI=1S/C11H10N2OS/c1-11(15-2)8-5-3-4-7(6-12)9(8)13-10(11)14/h3-5H,1-2H3,(H,13,14). The molecular weight excluding hydrogens is 208 g/mol. The molecule has 76 valence electrons. The highest BCUT2D eigenvalue weighted by Gasteiger charge is 2.42. The molecule has 1 aliphatic rings. The minimum atomic E-state index is -0.567. The maximum atomic E-state index is 11.8. The molecule has 0 saturated carbocycles. The SMILES string of the molecule is CSC1(C)C(=O)Nc2c(C#N)cccc21. The van der Waals surface area contributed by atoms with Gasteiger partial charge in [0, 0.05) is 5.56 Å². The van der Waals surface area contributed by atoms with Gasteiger partial charge in [-0.2, -0.15) is 5.26 Å². The molecule has 0 radical (unpaired) electrons. The zero-order valence-corrected chi connectivity index (χ0v) is 9.31. The molecule has 4 heteroatoms. The highest BCUT2D eigenvalue weighted by molar-refractivity contribution is 8.00. The van der Waals surface area contributed by atoms with E-state index in [-0.39, 0.29) is 5.91 Å². The molecule has 3 nitrogen and oxygen atoms in total. The van der Waals surface area contributed by atoms with Crippen LogP contribution >= 0.6 is 11.8 Å². The van der Waals surface area contributed by atoms with Gasteiger partial charge in [0.25, 0.3) is 0 Å². The van der Waals surface area contributed by atoms with Crippen LogP contribution in [0, 0.1) is 11.3 Å². The highest BCUT2D eigenvalue weighted by Crippen LogP contribution is 2.45. The van der Waals surface area contributed by atoms with Gasteiger partial charge in [-0.1, -0.05) is 12.1 Å². The van der Waals surface area contributed by atoms with E-state index in [1.165, 1.54) is 11.8 Å². The number of nitriles is 1. The molecule has 15 heavy (non-hydrogen) atoms. The fourth-order valence-corrected chi connectivity index (χ4v) is 2.36. The van der Waals surface area contributed by atoms with Crippen LogP contribution in [-0.4, -0.2) is 12.2 Å². The third-order valence-corrected chi connectivity index (χ3v) is 4.00. The summed E-state index contributed by atoms with van der Waals surface area (Å²) in [5, 5.41) is 11.7. The number of carbonyl (C=O) groups excluding carboxylic acids is 1. The number of hydrogen-bond acceptors (Lipinski definition) is 3. The number of thioether (sulfide) groups is 1. The van der Waals surface area contributed by atoms with Crippen LogP contribution in [0.15, 0.2) is 18.2 Å². The topological polar surface area (TPSA) is 52.9 Å². The maximum Gasteiger partial charge on any atom is 0.244 e. The molecule has 0 fully saturated rings. The van der Waals surface area contributed by atoms with Crippen molar-refractivity contribution in [3.05, 3.63) is 29.3 Å². The lowest BCUT2D eigenvalue weighted by Gasteiger charge is -2.18. The van der Waals surface area contributed by atoms with Crippen LogP contribution in [0.1, 0.15) is 18.1 Å². The molecule has 0 spiro atoms. The van der Waals surface area contributed by atoms with Gasteiger partial charge in [-0.05, 0) is 19.2 Å². The van der Waals surface area contributed by atoms with Crippen molar-refractivity contribution < 1.29 is 4.79 Å². The summed E-state index contributed by atoms with van der Waals surface area (Å²) in [5.41, 5.74) is 2.10. The van der Waals surface area contributed by atoms with E-state index >= 15 is 0 Å². The fourth-order valence-electron chi connectivity index (χ4n) is 1.74. The van der Waals surface area contributed by atoms with Crippen LogP contribution in [0.5, 0.6) is 0 Å². The molecule has 1 aromatic rings. The van der Waals surface area contributed by atoms with Crippen molar-refractivity contribution in [2.45, 2.75) is 11.7 Å². The summed E-state index contributed by atoms with van der Waals surface area (Å²) in [6, 6.07) is 7.50. The van der Waals surface area contributed by atoms with Gasteiger partial charge in [-0.3, -0.25) is 4.79 Å². The van der Waals surface area contributed by atoms with Crippen molar-refractivity contribution in [1.82, 2.24) is 0 Å². The first-order valence-electron chi connectivity index (χ1n) is 4.53. The van der Waals surface area contributed by atoms with E-state index in [0.29, 0.717) is 11.3 Å². The number of para-hydroxylation sites is 1. The van der Waals surface area contributed by atoms with Gasteiger partial charge in [-0.15, -0.1) is 11.8 Å². The lowest BCUT2D eigenvalue weighted by atomic mass is 10.00. The number of amides is 1. The quantitative estimate of drug-likeness (QED) is 0.785. The zero-order valence-electron chi connectivity index (χ0n) is 8.50. The Bertz CT molecular complexity index is 478. The molecule has 1 heterocycles. The summed E-state index contributed by atoms with van der Waals surface area (Å²) >= 11 is 1.48. The van der Waals surface area contributed by atoms with Crippen molar-refractivity contribution in [2.75, 3.05) is 11.6 Å². The normalized spacial score (nSPS) is 23.1. The van der Waals surface area contributed by atoms with Crippen molar-refractivity contribution in [3.63, 3.8) is 0 Å². The van der Waals surface area contributed by atoms with E-state index < -0.39 is 4.75 Å². The number of anilines is 1. The third kappa shape index (κ3) is 1.24. The summed E-state index contributed by atoms with van der Waals surface area (Å²) in [4.78, 5) is 11.8. The average Bonchev–Trinajstić information content (AvgIpc) is 2.52. The van der Waals surface area contributed by atoms with Gasteiger partial charge in [-0.25, -0.2) is 0 Å². The lowest BCUT2D eigenvalue weighted by Crippen LogP contribution is -2.26. The summed E-state index contributed by atoms with van der Waals surface area (Å²) in [6.07, 6.45) is 1.90. The van der Waals surface area contributed by atoms with Crippen LogP contribution in [0.4, 0.5) is 5.69 Å². The van der Waals surface area contributed by atoms with E-state index in [1.54, 1.807) is 6.07 Å². The molecule has 0 aliphatic carbocycles. The Hall–Kier alpha value is -1.47. The van der Waals surface area contributed by atoms with Crippen LogP contribution < -0.4 is 5.32 Å². The van der Waals surface area contributed by atoms with E-state index in [0.717, 1.165) is 5.56 Å². The summed E-state index contributed by atoms with van der Waals surface area (Å²) in [5.74, 6) is -0.0484. The predicted octanol–water partition coefficient (Wildman–Crippen LogP) is 2.09. The van der Waals surface area contributed by atoms with E-state index in [2.05, 4.69) is 11.4 Å². The van der Waals surface area contributed by atoms with Crippen LogP contribution in [0.25, 0.3) is 0 Å². The average molecular weight is 218 g/mol. The molecular formula is C11H10N2OS. The van der Waals surface area contributed by atoms with Crippen LogP contribution in [0.2, 0.25) is 0 Å². The molecule has 1 N–H and O–H groups in total. The molecule has 0 saturated heterocycles. The lowest BCUT2D eigenvalue weighted by molar-refractivity contribution is -0.117. The Kier molecular flexibility index (Phi) is 2.20. The minimum absolute atomic E-state index is 0.0484. The predicted molar refractivity (Wildman–Crippen MR) is 60.7 cm³/mol. The number of carbonyl (C=O) groups is 1. The second-order valence-electron chi connectivity index (χ2n) is 3.53. The minimum Gasteiger partial charge on any atom is -0.323 e. The van der Waals surface area contributed by atoms with Crippen molar-refractivity contribution in [2.24, 2.45) is 0 Å². The van der Waals surface area contributed by atoms with Crippen LogP contribution in [-0.2, 0) is 9.54 Å². The Morgan fingerprint density at radius 3 is 2.87 bits per heavy atom. The summed E-state index contributed by atoms with van der Waals surface area (Å²) < 4.78 is -0.567. The van der Waals surface area contributed by atoms with Gasteiger partial charge in [0.05, 0.1) is 11.3 Å². The molecule has 1 atom stereocenters. The molecule has 1 amide bonds. The maximum absolute atomic E-state index is 11.8. The summed E-state index contributed by atoms with van der Waals surface area (Å²) in [7, 11) is 0. The van der Waals surface area contributed by atoms with Gasteiger partial charge in [0.15, 0.2) is 0 Å². The molecule has 0 aromatic heterocycles. The van der Waals surface area contributed by atoms with Crippen molar-refractivity contribution in [1.29, 1.82) is 5.26 Å². The Labute approximate surface area is 92.5 Å². The first-order chi connectivity index (χ1) is 7.13. The third-order valence-electron chi connectivity index (χ3n) is 2.78.